The summed E-state index contributed by atoms with van der Waals surface area (Å²) in [5.41, 5.74) is 0.224. The highest BCUT2D eigenvalue weighted by Crippen LogP contribution is 2.35. The zero-order valence-electron chi connectivity index (χ0n) is 10.3. The zero-order valence-corrected chi connectivity index (χ0v) is 10.3. The van der Waals surface area contributed by atoms with Gasteiger partial charge in [-0.15, -0.1) is 0 Å². The third-order valence-corrected chi connectivity index (χ3v) is 3.55. The lowest BCUT2D eigenvalue weighted by Gasteiger charge is -2.39. The second kappa shape index (κ2) is 4.97. The molecule has 88 valence electrons. The summed E-state index contributed by atoms with van der Waals surface area (Å²) >= 11 is 0. The number of hydrogen-bond donors (Lipinski definition) is 1. The van der Waals surface area contributed by atoms with Gasteiger partial charge in [0.15, 0.2) is 0 Å². The maximum absolute atomic E-state index is 11.7. The first-order valence-electron chi connectivity index (χ1n) is 5.80. The van der Waals surface area contributed by atoms with Gasteiger partial charge in [-0.3, -0.25) is 4.79 Å². The summed E-state index contributed by atoms with van der Waals surface area (Å²) < 4.78 is 5.01. The number of methoxy groups -OCH3 is 1. The molecule has 15 heavy (non-hydrogen) atoms. The Balaban J connectivity index is 2.52. The van der Waals surface area contributed by atoms with Crippen LogP contribution in [-0.2, 0) is 9.53 Å². The van der Waals surface area contributed by atoms with Crippen LogP contribution < -0.4 is 5.32 Å². The van der Waals surface area contributed by atoms with Crippen LogP contribution in [0.3, 0.4) is 0 Å². The Bertz CT molecular complexity index is 226. The first-order chi connectivity index (χ1) is 6.97. The molecule has 0 aromatic rings. The molecule has 0 aliphatic heterocycles. The van der Waals surface area contributed by atoms with Crippen molar-refractivity contribution in [2.75, 3.05) is 7.11 Å². The van der Waals surface area contributed by atoms with Gasteiger partial charge >= 0.3 is 0 Å². The first kappa shape index (κ1) is 12.5. The minimum atomic E-state index is -0.345. The van der Waals surface area contributed by atoms with Crippen molar-refractivity contribution in [3.63, 3.8) is 0 Å². The molecule has 0 spiro atoms. The van der Waals surface area contributed by atoms with Gasteiger partial charge in [0, 0.05) is 13.2 Å². The van der Waals surface area contributed by atoms with Crippen molar-refractivity contribution in [1.29, 1.82) is 0 Å². The van der Waals surface area contributed by atoms with Crippen molar-refractivity contribution in [3.8, 4) is 0 Å². The van der Waals surface area contributed by atoms with Gasteiger partial charge < -0.3 is 10.1 Å². The van der Waals surface area contributed by atoms with Crippen LogP contribution in [0.15, 0.2) is 0 Å². The van der Waals surface area contributed by atoms with E-state index in [2.05, 4.69) is 19.2 Å². The third-order valence-electron chi connectivity index (χ3n) is 3.55. The van der Waals surface area contributed by atoms with Crippen molar-refractivity contribution >= 4 is 5.91 Å². The average molecular weight is 213 g/mol. The average Bonchev–Trinajstić information content (AvgIpc) is 2.19. The summed E-state index contributed by atoms with van der Waals surface area (Å²) in [5.74, 6) is 0.0116. The lowest BCUT2D eigenvalue weighted by Crippen LogP contribution is -2.49. The van der Waals surface area contributed by atoms with Gasteiger partial charge in [-0.05, 0) is 25.2 Å². The normalized spacial score (nSPS) is 27.1. The molecule has 2 unspecified atom stereocenters. The minimum absolute atomic E-state index is 0.0116. The van der Waals surface area contributed by atoms with Gasteiger partial charge in [0.2, 0.25) is 5.91 Å². The first-order valence-corrected chi connectivity index (χ1v) is 5.80. The molecule has 0 aromatic carbocycles. The highest BCUT2D eigenvalue weighted by atomic mass is 16.5. The molecule has 1 aliphatic rings. The molecule has 0 bridgehead atoms. The van der Waals surface area contributed by atoms with Crippen LogP contribution in [0.2, 0.25) is 0 Å². The largest absolute Gasteiger partial charge is 0.372 e. The quantitative estimate of drug-likeness (QED) is 0.779. The molecule has 3 nitrogen and oxygen atoms in total. The summed E-state index contributed by atoms with van der Waals surface area (Å²) in [5, 5.41) is 3.10. The van der Waals surface area contributed by atoms with Gasteiger partial charge in [-0.25, -0.2) is 0 Å². The van der Waals surface area contributed by atoms with Gasteiger partial charge in [0.25, 0.3) is 0 Å². The second-order valence-electron chi connectivity index (χ2n) is 5.17. The number of ether oxygens (including phenoxy) is 1. The number of amides is 1. The van der Waals surface area contributed by atoms with E-state index >= 15 is 0 Å². The van der Waals surface area contributed by atoms with Crippen LogP contribution in [-0.4, -0.2) is 25.2 Å². The summed E-state index contributed by atoms with van der Waals surface area (Å²) in [7, 11) is 1.57. The molecule has 0 saturated heterocycles. The Morgan fingerprint density at radius 1 is 1.47 bits per heavy atom. The van der Waals surface area contributed by atoms with Crippen LogP contribution in [0.25, 0.3) is 0 Å². The van der Waals surface area contributed by atoms with E-state index in [0.29, 0.717) is 6.04 Å². The SMILES string of the molecule is COC(C)C(=O)NC1CCCCC1(C)C. The molecular weight excluding hydrogens is 190 g/mol. The van der Waals surface area contributed by atoms with Crippen LogP contribution in [0, 0.1) is 5.41 Å². The van der Waals surface area contributed by atoms with Crippen LogP contribution in [0.5, 0.6) is 0 Å². The molecular formula is C12H23NO2. The number of hydrogen-bond acceptors (Lipinski definition) is 2. The van der Waals surface area contributed by atoms with Crippen molar-refractivity contribution in [1.82, 2.24) is 5.32 Å². The summed E-state index contributed by atoms with van der Waals surface area (Å²) in [4.78, 5) is 11.7. The standard InChI is InChI=1S/C12H23NO2/c1-9(15-4)11(14)13-10-7-5-6-8-12(10,2)3/h9-10H,5-8H2,1-4H3,(H,13,14). The summed E-state index contributed by atoms with van der Waals surface area (Å²) in [6.45, 7) is 6.24. The zero-order chi connectivity index (χ0) is 11.5. The van der Waals surface area contributed by atoms with Gasteiger partial charge in [0.05, 0.1) is 0 Å². The highest BCUT2D eigenvalue weighted by Gasteiger charge is 2.33. The predicted octanol–water partition coefficient (Wildman–Crippen LogP) is 2.11. The van der Waals surface area contributed by atoms with E-state index in [1.165, 1.54) is 19.3 Å². The predicted molar refractivity (Wildman–Crippen MR) is 60.7 cm³/mol. The maximum Gasteiger partial charge on any atom is 0.249 e. The van der Waals surface area contributed by atoms with E-state index in [1.807, 2.05) is 0 Å². The van der Waals surface area contributed by atoms with Crippen molar-refractivity contribution in [2.24, 2.45) is 5.41 Å². The van der Waals surface area contributed by atoms with Crippen molar-refractivity contribution in [3.05, 3.63) is 0 Å². The van der Waals surface area contributed by atoms with E-state index in [-0.39, 0.29) is 17.4 Å². The Kier molecular flexibility index (Phi) is 4.14. The van der Waals surface area contributed by atoms with E-state index in [9.17, 15) is 4.79 Å². The number of nitrogens with one attached hydrogen (secondary N) is 1. The molecule has 1 amide bonds. The van der Waals surface area contributed by atoms with Gasteiger partial charge in [0.1, 0.15) is 6.10 Å². The number of carbonyl (C=O) groups excluding carboxylic acids is 1. The minimum Gasteiger partial charge on any atom is -0.372 e. The molecule has 0 radical (unpaired) electrons. The maximum atomic E-state index is 11.7. The van der Waals surface area contributed by atoms with Gasteiger partial charge in [-0.2, -0.15) is 0 Å². The second-order valence-corrected chi connectivity index (χ2v) is 5.17. The van der Waals surface area contributed by atoms with Gasteiger partial charge in [-0.1, -0.05) is 26.7 Å². The highest BCUT2D eigenvalue weighted by molar-refractivity contribution is 5.80. The number of carbonyl (C=O) groups is 1. The fraction of sp³-hybridized carbons (Fsp3) is 0.917. The molecule has 0 heterocycles. The molecule has 1 N–H and O–H groups in total. The molecule has 1 aliphatic carbocycles. The molecule has 0 aromatic heterocycles. The number of rotatable bonds is 3. The Hall–Kier alpha value is -0.570. The van der Waals surface area contributed by atoms with E-state index in [0.717, 1.165) is 6.42 Å². The van der Waals surface area contributed by atoms with Crippen molar-refractivity contribution in [2.45, 2.75) is 58.6 Å². The fourth-order valence-corrected chi connectivity index (χ4v) is 2.16. The van der Waals surface area contributed by atoms with E-state index < -0.39 is 0 Å². The molecule has 3 heteroatoms. The summed E-state index contributed by atoms with van der Waals surface area (Å²) in [6, 6.07) is 0.302. The molecule has 2 atom stereocenters. The third kappa shape index (κ3) is 3.20. The summed E-state index contributed by atoms with van der Waals surface area (Å²) in [6.07, 6.45) is 4.44. The topological polar surface area (TPSA) is 38.3 Å². The Labute approximate surface area is 92.6 Å². The molecule has 1 rings (SSSR count). The lowest BCUT2D eigenvalue weighted by atomic mass is 9.73. The molecule has 1 fully saturated rings. The molecule has 1 saturated carbocycles. The fourth-order valence-electron chi connectivity index (χ4n) is 2.16. The van der Waals surface area contributed by atoms with Crippen molar-refractivity contribution < 1.29 is 9.53 Å². The monoisotopic (exact) mass is 213 g/mol. The van der Waals surface area contributed by atoms with Crippen LogP contribution >= 0.6 is 0 Å². The van der Waals surface area contributed by atoms with E-state index in [1.54, 1.807) is 14.0 Å². The smallest absolute Gasteiger partial charge is 0.249 e. The Morgan fingerprint density at radius 3 is 2.67 bits per heavy atom. The lowest BCUT2D eigenvalue weighted by molar-refractivity contribution is -0.132. The van der Waals surface area contributed by atoms with Crippen LogP contribution in [0.1, 0.15) is 46.5 Å². The van der Waals surface area contributed by atoms with Crippen LogP contribution in [0.4, 0.5) is 0 Å². The van der Waals surface area contributed by atoms with E-state index in [4.69, 9.17) is 4.74 Å². The Morgan fingerprint density at radius 2 is 2.13 bits per heavy atom.